The van der Waals surface area contributed by atoms with Crippen LogP contribution in [0.3, 0.4) is 0 Å². The lowest BCUT2D eigenvalue weighted by Gasteiger charge is -2.28. The third kappa shape index (κ3) is 14.6. The minimum absolute atomic E-state index is 0.0654. The summed E-state index contributed by atoms with van der Waals surface area (Å²) in [6, 6.07) is 42.2. The monoisotopic (exact) mass is 843 g/mol. The molecule has 5 aromatic rings. The van der Waals surface area contributed by atoms with Gasteiger partial charge in [0.2, 0.25) is 0 Å². The maximum atomic E-state index is 12.8. The molecule has 0 aromatic heterocycles. The highest BCUT2D eigenvalue weighted by Crippen LogP contribution is 2.39. The molecule has 0 unspecified atom stereocenters. The summed E-state index contributed by atoms with van der Waals surface area (Å²) in [6.45, 7) is 10.8. The first-order valence-electron chi connectivity index (χ1n) is 23.8. The molecule has 5 aromatic carbocycles. The van der Waals surface area contributed by atoms with Crippen LogP contribution in [0.5, 0.6) is 0 Å². The fourth-order valence-corrected chi connectivity index (χ4v) is 9.28. The average Bonchev–Trinajstić information content (AvgIpc) is 3.28. The van der Waals surface area contributed by atoms with Crippen molar-refractivity contribution in [3.63, 3.8) is 0 Å². The quantitative estimate of drug-likeness (QED) is 0.0309. The van der Waals surface area contributed by atoms with Gasteiger partial charge in [0, 0.05) is 41.8 Å². The fourth-order valence-electron chi connectivity index (χ4n) is 8.55. The van der Waals surface area contributed by atoms with E-state index in [0.717, 1.165) is 74.1 Å². The Morgan fingerprint density at radius 3 is 1.15 bits per heavy atom. The van der Waals surface area contributed by atoms with Crippen LogP contribution in [0.25, 0.3) is 0 Å². The first-order valence-corrected chi connectivity index (χ1v) is 25.2. The second-order valence-electron chi connectivity index (χ2n) is 17.0. The van der Waals surface area contributed by atoms with Crippen molar-refractivity contribution in [1.82, 2.24) is 0 Å². The molecule has 0 fully saturated rings. The van der Waals surface area contributed by atoms with Crippen LogP contribution < -0.4 is 9.80 Å². The van der Waals surface area contributed by atoms with Gasteiger partial charge < -0.3 is 9.80 Å². The third-order valence-electron chi connectivity index (χ3n) is 12.2. The predicted octanol–water partition coefficient (Wildman–Crippen LogP) is 15.8. The van der Waals surface area contributed by atoms with Crippen molar-refractivity contribution in [3.8, 4) is 0 Å². The Kier molecular flexibility index (Phi) is 19.9. The molecule has 1 N–H and O–H groups in total. The van der Waals surface area contributed by atoms with Crippen molar-refractivity contribution in [2.75, 3.05) is 22.9 Å². The van der Waals surface area contributed by atoms with E-state index in [2.05, 4.69) is 135 Å². The van der Waals surface area contributed by atoms with Crippen LogP contribution in [-0.4, -0.2) is 26.1 Å². The SMILES string of the molecule is CCCCCCCCc1ccc(N(CCCC)c2ccc(C(c3ccc(N(CCCC)c4ccc(CCCCCCCC)cc4)cc3)c3ccccc3S(=O)(=O)O)cc2)cc1. The average molecular weight is 843 g/mol. The zero-order valence-corrected chi connectivity index (χ0v) is 38.6. The molecule has 0 aliphatic carbocycles. The molecule has 0 aliphatic rings. The molecule has 0 saturated heterocycles. The van der Waals surface area contributed by atoms with E-state index < -0.39 is 16.0 Å². The van der Waals surface area contributed by atoms with E-state index in [4.69, 9.17) is 0 Å². The van der Waals surface area contributed by atoms with Gasteiger partial charge in [0.25, 0.3) is 10.1 Å². The minimum Gasteiger partial charge on any atom is -0.341 e. The Bertz CT molecular complexity index is 1960. The number of unbranched alkanes of at least 4 members (excludes halogenated alkanes) is 12. The molecular weight excluding hydrogens is 769 g/mol. The van der Waals surface area contributed by atoms with Crippen molar-refractivity contribution < 1.29 is 13.0 Å². The molecule has 0 amide bonds. The Hall–Kier alpha value is -4.39. The minimum atomic E-state index is -4.48. The van der Waals surface area contributed by atoms with E-state index in [-0.39, 0.29) is 4.90 Å². The van der Waals surface area contributed by atoms with Gasteiger partial charge >= 0.3 is 0 Å². The molecule has 0 aliphatic heterocycles. The lowest BCUT2D eigenvalue weighted by molar-refractivity contribution is 0.482. The second-order valence-corrected chi connectivity index (χ2v) is 18.4. The molecule has 328 valence electrons. The van der Waals surface area contributed by atoms with Crippen molar-refractivity contribution in [1.29, 1.82) is 0 Å². The lowest BCUT2D eigenvalue weighted by Crippen LogP contribution is -2.19. The molecule has 0 radical (unpaired) electrons. The molecule has 6 heteroatoms. The maximum Gasteiger partial charge on any atom is 0.294 e. The summed E-state index contributed by atoms with van der Waals surface area (Å²) in [4.78, 5) is 4.72. The van der Waals surface area contributed by atoms with E-state index in [1.807, 2.05) is 12.1 Å². The smallest absolute Gasteiger partial charge is 0.294 e. The summed E-state index contributed by atoms with van der Waals surface area (Å²) >= 11 is 0. The van der Waals surface area contributed by atoms with Gasteiger partial charge in [-0.25, -0.2) is 0 Å². The highest BCUT2D eigenvalue weighted by molar-refractivity contribution is 7.85. The van der Waals surface area contributed by atoms with Gasteiger partial charge in [0.15, 0.2) is 0 Å². The predicted molar refractivity (Wildman–Crippen MR) is 261 cm³/mol. The zero-order chi connectivity index (χ0) is 43.3. The Balaban J connectivity index is 1.41. The van der Waals surface area contributed by atoms with E-state index in [0.29, 0.717) is 5.56 Å². The number of nitrogens with zero attached hydrogens (tertiary/aromatic N) is 2. The summed E-state index contributed by atoms with van der Waals surface area (Å²) in [5, 5.41) is 0. The van der Waals surface area contributed by atoms with E-state index in [1.54, 1.807) is 6.07 Å². The maximum absolute atomic E-state index is 12.8. The van der Waals surface area contributed by atoms with Crippen LogP contribution in [-0.2, 0) is 23.0 Å². The van der Waals surface area contributed by atoms with Gasteiger partial charge in [-0.15, -0.1) is 0 Å². The van der Waals surface area contributed by atoms with Gasteiger partial charge in [0.05, 0.1) is 4.90 Å². The summed E-state index contributed by atoms with van der Waals surface area (Å²) in [6.07, 6.45) is 22.2. The van der Waals surface area contributed by atoms with Gasteiger partial charge in [-0.1, -0.05) is 171 Å². The summed E-state index contributed by atoms with van der Waals surface area (Å²) in [7, 11) is -4.48. The number of hydrogen-bond donors (Lipinski definition) is 1. The Labute approximate surface area is 370 Å². The van der Waals surface area contributed by atoms with E-state index in [9.17, 15) is 13.0 Å². The molecular formula is C55H74N2O3S. The Morgan fingerprint density at radius 1 is 0.426 bits per heavy atom. The number of aryl methyl sites for hydroxylation is 2. The van der Waals surface area contributed by atoms with Gasteiger partial charge in [-0.2, -0.15) is 8.42 Å². The summed E-state index contributed by atoms with van der Waals surface area (Å²) < 4.78 is 36.1. The fraction of sp³-hybridized carbons (Fsp3) is 0.455. The first kappa shape index (κ1) is 47.7. The number of benzene rings is 5. The van der Waals surface area contributed by atoms with Gasteiger partial charge in [-0.3, -0.25) is 4.55 Å². The summed E-state index contributed by atoms with van der Waals surface area (Å²) in [5.41, 5.74) is 9.81. The molecule has 5 rings (SSSR count). The molecule has 5 nitrogen and oxygen atoms in total. The van der Waals surface area contributed by atoms with Crippen LogP contribution in [0.2, 0.25) is 0 Å². The topological polar surface area (TPSA) is 60.9 Å². The van der Waals surface area contributed by atoms with E-state index >= 15 is 0 Å². The third-order valence-corrected chi connectivity index (χ3v) is 13.1. The number of rotatable bonds is 28. The van der Waals surface area contributed by atoms with E-state index in [1.165, 1.54) is 106 Å². The lowest BCUT2D eigenvalue weighted by atomic mass is 9.85. The largest absolute Gasteiger partial charge is 0.341 e. The molecule has 0 heterocycles. The first-order chi connectivity index (χ1) is 29.8. The standard InChI is InChI=1S/C55H74N2O3S/c1-5-9-13-15-17-19-23-45-27-35-49(36-28-45)56(43-11-7-3)51-39-31-47(32-40-51)55(53-25-21-22-26-54(53)61(58,59)60)48-33-41-52(42-34-48)57(44-12-8-4)50-37-29-46(30-38-50)24-20-18-16-14-10-6-2/h21-22,25-42,55H,5-20,23-24,43-44H2,1-4H3,(H,58,59,60). The summed E-state index contributed by atoms with van der Waals surface area (Å²) in [5.74, 6) is -0.420. The normalized spacial score (nSPS) is 11.6. The molecule has 0 spiro atoms. The van der Waals surface area contributed by atoms with Crippen molar-refractivity contribution in [2.45, 2.75) is 154 Å². The van der Waals surface area contributed by atoms with Crippen LogP contribution in [0.4, 0.5) is 22.7 Å². The molecule has 0 saturated carbocycles. The van der Waals surface area contributed by atoms with Crippen molar-refractivity contribution >= 4 is 32.9 Å². The van der Waals surface area contributed by atoms with Crippen molar-refractivity contribution in [2.24, 2.45) is 0 Å². The van der Waals surface area contributed by atoms with Crippen molar-refractivity contribution in [3.05, 3.63) is 149 Å². The number of hydrogen-bond acceptors (Lipinski definition) is 4. The highest BCUT2D eigenvalue weighted by atomic mass is 32.2. The zero-order valence-electron chi connectivity index (χ0n) is 37.8. The molecule has 0 atom stereocenters. The van der Waals surface area contributed by atoms with Gasteiger partial charge in [-0.05, 0) is 121 Å². The van der Waals surface area contributed by atoms with Crippen LogP contribution in [0.1, 0.15) is 164 Å². The van der Waals surface area contributed by atoms with Gasteiger partial charge in [0.1, 0.15) is 0 Å². The van der Waals surface area contributed by atoms with Crippen LogP contribution in [0.15, 0.2) is 126 Å². The van der Waals surface area contributed by atoms with Crippen LogP contribution in [0, 0.1) is 0 Å². The van der Waals surface area contributed by atoms with Crippen LogP contribution >= 0.6 is 0 Å². The second kappa shape index (κ2) is 25.5. The molecule has 61 heavy (non-hydrogen) atoms. The molecule has 0 bridgehead atoms. The highest BCUT2D eigenvalue weighted by Gasteiger charge is 2.25. The Morgan fingerprint density at radius 2 is 0.770 bits per heavy atom. The number of anilines is 4.